The molecule has 0 fully saturated rings. The van der Waals surface area contributed by atoms with Gasteiger partial charge in [0.05, 0.1) is 13.1 Å². The van der Waals surface area contributed by atoms with Crippen LogP contribution in [0.1, 0.15) is 13.8 Å². The fourth-order valence-electron chi connectivity index (χ4n) is 0.900. The number of halogens is 2. The summed E-state index contributed by atoms with van der Waals surface area (Å²) in [5.41, 5.74) is 4.82. The lowest BCUT2D eigenvalue weighted by atomic mass is 10.3. The number of amides is 2. The first kappa shape index (κ1) is 13.1. The molecule has 0 aliphatic rings. The van der Waals surface area contributed by atoms with Gasteiger partial charge in [0, 0.05) is 13.1 Å². The monoisotopic (exact) mass is 209 g/mol. The minimum Gasteiger partial charge on any atom is -0.332 e. The third-order valence-electron chi connectivity index (χ3n) is 1.85. The highest BCUT2D eigenvalue weighted by Crippen LogP contribution is 2.08. The van der Waals surface area contributed by atoms with E-state index in [4.69, 9.17) is 5.73 Å². The second-order valence-corrected chi connectivity index (χ2v) is 2.89. The SMILES string of the molecule is CCN(CC)C(=O)NCC(F)(F)CN. The summed E-state index contributed by atoms with van der Waals surface area (Å²) in [5, 5.41) is 2.13. The van der Waals surface area contributed by atoms with Gasteiger partial charge in [-0.3, -0.25) is 0 Å². The van der Waals surface area contributed by atoms with Crippen molar-refractivity contribution in [2.24, 2.45) is 5.73 Å². The maximum absolute atomic E-state index is 12.6. The van der Waals surface area contributed by atoms with Crippen LogP contribution in [0.2, 0.25) is 0 Å². The highest BCUT2D eigenvalue weighted by Gasteiger charge is 2.27. The third kappa shape index (κ3) is 4.36. The van der Waals surface area contributed by atoms with E-state index in [1.807, 2.05) is 0 Å². The Balaban J connectivity index is 3.95. The van der Waals surface area contributed by atoms with Crippen LogP contribution in [0.5, 0.6) is 0 Å². The molecule has 4 nitrogen and oxygen atoms in total. The molecule has 2 amide bonds. The Bertz CT molecular complexity index is 183. The van der Waals surface area contributed by atoms with Crippen LogP contribution in [-0.4, -0.2) is 43.0 Å². The maximum atomic E-state index is 12.6. The van der Waals surface area contributed by atoms with Gasteiger partial charge in [-0.25, -0.2) is 13.6 Å². The number of alkyl halides is 2. The van der Waals surface area contributed by atoms with Crippen molar-refractivity contribution < 1.29 is 13.6 Å². The van der Waals surface area contributed by atoms with Crippen LogP contribution in [0.3, 0.4) is 0 Å². The Morgan fingerprint density at radius 2 is 1.93 bits per heavy atom. The van der Waals surface area contributed by atoms with Crippen molar-refractivity contribution in [3.05, 3.63) is 0 Å². The highest BCUT2D eigenvalue weighted by atomic mass is 19.3. The standard InChI is InChI=1S/C8H17F2N3O/c1-3-13(4-2)7(14)12-6-8(9,10)5-11/h3-6,11H2,1-2H3,(H,12,14). The zero-order valence-corrected chi connectivity index (χ0v) is 8.52. The predicted octanol–water partition coefficient (Wildman–Crippen LogP) is 0.632. The Kier molecular flexibility index (Phi) is 5.37. The zero-order valence-electron chi connectivity index (χ0n) is 8.52. The summed E-state index contributed by atoms with van der Waals surface area (Å²) < 4.78 is 25.3. The summed E-state index contributed by atoms with van der Waals surface area (Å²) in [5.74, 6) is -3.02. The van der Waals surface area contributed by atoms with Gasteiger partial charge >= 0.3 is 6.03 Å². The second kappa shape index (κ2) is 5.74. The summed E-state index contributed by atoms with van der Waals surface area (Å²) >= 11 is 0. The first-order chi connectivity index (χ1) is 6.46. The van der Waals surface area contributed by atoms with Crippen molar-refractivity contribution in [1.82, 2.24) is 10.2 Å². The number of nitrogens with one attached hydrogen (secondary N) is 1. The molecule has 0 aliphatic heterocycles. The molecule has 0 aromatic heterocycles. The molecule has 0 rings (SSSR count). The van der Waals surface area contributed by atoms with Gasteiger partial charge in [-0.2, -0.15) is 0 Å². The molecule has 0 aliphatic carbocycles. The lowest BCUT2D eigenvalue weighted by molar-refractivity contribution is 0.0132. The van der Waals surface area contributed by atoms with Crippen molar-refractivity contribution in [2.45, 2.75) is 19.8 Å². The smallest absolute Gasteiger partial charge is 0.317 e. The Morgan fingerprint density at radius 1 is 1.43 bits per heavy atom. The summed E-state index contributed by atoms with van der Waals surface area (Å²) in [4.78, 5) is 12.6. The lowest BCUT2D eigenvalue weighted by Gasteiger charge is -2.21. The molecule has 0 bridgehead atoms. The van der Waals surface area contributed by atoms with Crippen LogP contribution < -0.4 is 11.1 Å². The number of hydrogen-bond donors (Lipinski definition) is 2. The van der Waals surface area contributed by atoms with E-state index in [-0.39, 0.29) is 0 Å². The molecule has 0 unspecified atom stereocenters. The minimum absolute atomic E-state index is 0.483. The van der Waals surface area contributed by atoms with Crippen molar-refractivity contribution in [3.8, 4) is 0 Å². The van der Waals surface area contributed by atoms with Crippen molar-refractivity contribution >= 4 is 6.03 Å². The van der Waals surface area contributed by atoms with E-state index >= 15 is 0 Å². The fourth-order valence-corrected chi connectivity index (χ4v) is 0.900. The van der Waals surface area contributed by atoms with E-state index in [2.05, 4.69) is 5.32 Å². The molecule has 0 aromatic rings. The largest absolute Gasteiger partial charge is 0.332 e. The Hall–Kier alpha value is -0.910. The van der Waals surface area contributed by atoms with Crippen molar-refractivity contribution in [3.63, 3.8) is 0 Å². The van der Waals surface area contributed by atoms with Gasteiger partial charge in [0.15, 0.2) is 0 Å². The van der Waals surface area contributed by atoms with Gasteiger partial charge < -0.3 is 16.0 Å². The second-order valence-electron chi connectivity index (χ2n) is 2.89. The number of rotatable bonds is 5. The van der Waals surface area contributed by atoms with E-state index in [1.54, 1.807) is 13.8 Å². The summed E-state index contributed by atoms with van der Waals surface area (Å²) in [6.45, 7) is 3.09. The molecule has 0 atom stereocenters. The number of nitrogens with two attached hydrogens (primary N) is 1. The molecule has 0 spiro atoms. The van der Waals surface area contributed by atoms with E-state index in [0.29, 0.717) is 13.1 Å². The van der Waals surface area contributed by atoms with Crippen LogP contribution in [0.15, 0.2) is 0 Å². The topological polar surface area (TPSA) is 58.4 Å². The molecule has 84 valence electrons. The van der Waals surface area contributed by atoms with E-state index in [9.17, 15) is 13.6 Å². The van der Waals surface area contributed by atoms with E-state index in [0.717, 1.165) is 0 Å². The van der Waals surface area contributed by atoms with Gasteiger partial charge in [-0.05, 0) is 13.8 Å². The van der Waals surface area contributed by atoms with Gasteiger partial charge in [0.1, 0.15) is 0 Å². The normalized spacial score (nSPS) is 11.2. The molecule has 0 heterocycles. The molecule has 0 saturated heterocycles. The number of nitrogens with zero attached hydrogens (tertiary/aromatic N) is 1. The number of carbonyl (C=O) groups is 1. The Morgan fingerprint density at radius 3 is 2.29 bits per heavy atom. The van der Waals surface area contributed by atoms with Crippen LogP contribution in [0.4, 0.5) is 13.6 Å². The molecule has 0 radical (unpaired) electrons. The molecule has 3 N–H and O–H groups in total. The fraction of sp³-hybridized carbons (Fsp3) is 0.875. The number of hydrogen-bond acceptors (Lipinski definition) is 2. The van der Waals surface area contributed by atoms with Crippen LogP contribution in [0.25, 0.3) is 0 Å². The minimum atomic E-state index is -3.02. The summed E-state index contributed by atoms with van der Waals surface area (Å²) in [6.07, 6.45) is 0. The first-order valence-corrected chi connectivity index (χ1v) is 4.57. The molecule has 0 saturated carbocycles. The number of urea groups is 1. The maximum Gasteiger partial charge on any atom is 0.317 e. The third-order valence-corrected chi connectivity index (χ3v) is 1.85. The average molecular weight is 209 g/mol. The molecule has 6 heteroatoms. The summed E-state index contributed by atoms with van der Waals surface area (Å²) in [6, 6.07) is -0.483. The average Bonchev–Trinajstić information content (AvgIpc) is 2.17. The van der Waals surface area contributed by atoms with E-state index in [1.165, 1.54) is 4.90 Å². The van der Waals surface area contributed by atoms with Crippen LogP contribution in [0, 0.1) is 0 Å². The van der Waals surface area contributed by atoms with E-state index < -0.39 is 25.0 Å². The van der Waals surface area contributed by atoms with Gasteiger partial charge in [0.25, 0.3) is 5.92 Å². The molecular formula is C8H17F2N3O. The predicted molar refractivity (Wildman–Crippen MR) is 50.3 cm³/mol. The molecular weight excluding hydrogens is 192 g/mol. The van der Waals surface area contributed by atoms with Gasteiger partial charge in [-0.15, -0.1) is 0 Å². The lowest BCUT2D eigenvalue weighted by Crippen LogP contribution is -2.46. The van der Waals surface area contributed by atoms with Crippen LogP contribution >= 0.6 is 0 Å². The number of carbonyl (C=O) groups excluding carboxylic acids is 1. The highest BCUT2D eigenvalue weighted by molar-refractivity contribution is 5.74. The molecule has 0 aromatic carbocycles. The molecule has 14 heavy (non-hydrogen) atoms. The zero-order chi connectivity index (χ0) is 11.2. The first-order valence-electron chi connectivity index (χ1n) is 4.57. The summed E-state index contributed by atoms with van der Waals surface area (Å²) in [7, 11) is 0. The van der Waals surface area contributed by atoms with Gasteiger partial charge in [-0.1, -0.05) is 0 Å². The van der Waals surface area contributed by atoms with Gasteiger partial charge in [0.2, 0.25) is 0 Å². The Labute approximate surface area is 82.4 Å². The quantitative estimate of drug-likeness (QED) is 0.697. The van der Waals surface area contributed by atoms with Crippen molar-refractivity contribution in [2.75, 3.05) is 26.2 Å². The van der Waals surface area contributed by atoms with Crippen molar-refractivity contribution in [1.29, 1.82) is 0 Å². The van der Waals surface area contributed by atoms with Crippen LogP contribution in [-0.2, 0) is 0 Å².